The van der Waals surface area contributed by atoms with Crippen LogP contribution in [0.15, 0.2) is 18.2 Å². The maximum Gasteiger partial charge on any atom is 0.491 e. The van der Waals surface area contributed by atoms with E-state index < -0.39 is 18.3 Å². The van der Waals surface area contributed by atoms with Crippen LogP contribution >= 0.6 is 0 Å². The Bertz CT molecular complexity index is 500. The molecule has 0 spiro atoms. The number of hydrogen-bond acceptors (Lipinski definition) is 4. The normalized spacial score (nSPS) is 12.1. The Kier molecular flexibility index (Phi) is 4.41. The van der Waals surface area contributed by atoms with E-state index in [-0.39, 0.29) is 0 Å². The summed E-state index contributed by atoms with van der Waals surface area (Å²) in [5, 5.41) is 29.1. The summed E-state index contributed by atoms with van der Waals surface area (Å²) in [5.74, 6) is 0. The van der Waals surface area contributed by atoms with E-state index >= 15 is 0 Å². The molecule has 0 atom stereocenters. The Hall–Kier alpha value is -1.35. The van der Waals surface area contributed by atoms with Crippen LogP contribution in [0.1, 0.15) is 38.8 Å². The van der Waals surface area contributed by atoms with Gasteiger partial charge in [-0.2, -0.15) is 5.26 Å². The number of nitrogens with zero attached hydrogens (tertiary/aromatic N) is 1. The van der Waals surface area contributed by atoms with Crippen molar-refractivity contribution in [2.24, 2.45) is 0 Å². The monoisotopic (exact) mass is 261 g/mol. The van der Waals surface area contributed by atoms with Crippen molar-refractivity contribution >= 4 is 12.6 Å². The molecule has 0 fully saturated rings. The van der Waals surface area contributed by atoms with E-state index in [4.69, 9.17) is 9.92 Å². The van der Waals surface area contributed by atoms with Crippen LogP contribution in [0.4, 0.5) is 0 Å². The van der Waals surface area contributed by atoms with Crippen LogP contribution in [-0.2, 0) is 4.65 Å². The number of benzene rings is 1. The van der Waals surface area contributed by atoms with Crippen molar-refractivity contribution < 1.29 is 14.8 Å². The standard InChI is InChI=1S/C14H20BNO3/c1-10-6-7-11(9-16)8-12(10)15(18)19-14(4,5)13(2,3)17/h6-8,17-18H,1-5H3. The van der Waals surface area contributed by atoms with Crippen molar-refractivity contribution in [1.82, 2.24) is 0 Å². The van der Waals surface area contributed by atoms with Gasteiger partial charge in [-0.25, -0.2) is 0 Å². The predicted molar refractivity (Wildman–Crippen MR) is 75.0 cm³/mol. The molecule has 19 heavy (non-hydrogen) atoms. The molecule has 0 aliphatic heterocycles. The van der Waals surface area contributed by atoms with Crippen LogP contribution in [0.3, 0.4) is 0 Å². The highest BCUT2D eigenvalue weighted by Gasteiger charge is 2.39. The van der Waals surface area contributed by atoms with Crippen molar-refractivity contribution in [3.63, 3.8) is 0 Å². The van der Waals surface area contributed by atoms with Gasteiger partial charge in [0.25, 0.3) is 0 Å². The molecule has 0 unspecified atom stereocenters. The largest absolute Gasteiger partial charge is 0.491 e. The van der Waals surface area contributed by atoms with Crippen molar-refractivity contribution in [2.45, 2.75) is 45.8 Å². The zero-order valence-electron chi connectivity index (χ0n) is 12.1. The third kappa shape index (κ3) is 3.57. The van der Waals surface area contributed by atoms with Gasteiger partial charge in [-0.05, 0) is 52.2 Å². The fraction of sp³-hybridized carbons (Fsp3) is 0.500. The minimum atomic E-state index is -1.19. The molecule has 1 rings (SSSR count). The van der Waals surface area contributed by atoms with Gasteiger partial charge in [0.2, 0.25) is 0 Å². The van der Waals surface area contributed by atoms with E-state index in [1.807, 2.05) is 13.0 Å². The van der Waals surface area contributed by atoms with Crippen molar-refractivity contribution in [3.05, 3.63) is 29.3 Å². The van der Waals surface area contributed by atoms with Crippen molar-refractivity contribution in [2.75, 3.05) is 0 Å². The Morgan fingerprint density at radius 1 is 1.26 bits per heavy atom. The summed E-state index contributed by atoms with van der Waals surface area (Å²) < 4.78 is 5.56. The summed E-state index contributed by atoms with van der Waals surface area (Å²) in [6.07, 6.45) is 0. The lowest BCUT2D eigenvalue weighted by Gasteiger charge is -2.38. The lowest BCUT2D eigenvalue weighted by molar-refractivity contribution is -0.0982. The zero-order valence-corrected chi connectivity index (χ0v) is 12.1. The highest BCUT2D eigenvalue weighted by molar-refractivity contribution is 6.60. The molecule has 0 radical (unpaired) electrons. The maximum absolute atomic E-state index is 10.2. The Labute approximate surface area is 114 Å². The smallest absolute Gasteiger partial charge is 0.423 e. The van der Waals surface area contributed by atoms with Gasteiger partial charge in [-0.15, -0.1) is 0 Å². The summed E-state index contributed by atoms with van der Waals surface area (Å²) in [6, 6.07) is 7.07. The molecule has 1 aromatic carbocycles. The zero-order chi connectivity index (χ0) is 14.8. The van der Waals surface area contributed by atoms with Gasteiger partial charge in [0.15, 0.2) is 0 Å². The summed E-state index contributed by atoms with van der Waals surface area (Å²) in [7, 11) is -1.19. The van der Waals surface area contributed by atoms with E-state index in [1.165, 1.54) is 0 Å². The number of aryl methyl sites for hydroxylation is 1. The second-order valence-corrected chi connectivity index (χ2v) is 5.72. The van der Waals surface area contributed by atoms with Crippen LogP contribution in [0.5, 0.6) is 0 Å². The maximum atomic E-state index is 10.2. The third-order valence-corrected chi connectivity index (χ3v) is 3.55. The SMILES string of the molecule is Cc1ccc(C#N)cc1B(O)OC(C)(C)C(C)(C)O. The van der Waals surface area contributed by atoms with Crippen LogP contribution in [0.2, 0.25) is 0 Å². The number of nitriles is 1. The summed E-state index contributed by atoms with van der Waals surface area (Å²) in [4.78, 5) is 0. The minimum absolute atomic E-state index is 0.462. The molecule has 0 heterocycles. The molecule has 0 aliphatic carbocycles. The second-order valence-electron chi connectivity index (χ2n) is 5.72. The van der Waals surface area contributed by atoms with Gasteiger partial charge < -0.3 is 14.8 Å². The third-order valence-electron chi connectivity index (χ3n) is 3.55. The van der Waals surface area contributed by atoms with Gasteiger partial charge in [0.1, 0.15) is 0 Å². The molecule has 2 N–H and O–H groups in total. The highest BCUT2D eigenvalue weighted by Crippen LogP contribution is 2.25. The molecule has 5 heteroatoms. The first kappa shape index (κ1) is 15.7. The van der Waals surface area contributed by atoms with E-state index in [0.29, 0.717) is 11.0 Å². The van der Waals surface area contributed by atoms with E-state index in [2.05, 4.69) is 0 Å². The lowest BCUT2D eigenvalue weighted by atomic mass is 9.74. The molecular weight excluding hydrogens is 241 g/mol. The fourth-order valence-corrected chi connectivity index (χ4v) is 1.46. The predicted octanol–water partition coefficient (Wildman–Crippen LogP) is 1.12. The first-order valence-electron chi connectivity index (χ1n) is 6.17. The van der Waals surface area contributed by atoms with E-state index in [0.717, 1.165) is 5.56 Å². The molecule has 0 saturated carbocycles. The highest BCUT2D eigenvalue weighted by atomic mass is 16.5. The molecular formula is C14H20BNO3. The quantitative estimate of drug-likeness (QED) is 0.796. The number of aliphatic hydroxyl groups is 1. The van der Waals surface area contributed by atoms with E-state index in [9.17, 15) is 10.1 Å². The van der Waals surface area contributed by atoms with Crippen LogP contribution in [0.25, 0.3) is 0 Å². The van der Waals surface area contributed by atoms with Gasteiger partial charge in [0.05, 0.1) is 22.8 Å². The average Bonchev–Trinajstić information content (AvgIpc) is 2.27. The van der Waals surface area contributed by atoms with Crippen molar-refractivity contribution in [1.29, 1.82) is 5.26 Å². The lowest BCUT2D eigenvalue weighted by Crippen LogP contribution is -2.53. The molecule has 0 aromatic heterocycles. The van der Waals surface area contributed by atoms with Gasteiger partial charge in [0, 0.05) is 0 Å². The number of hydrogen-bond donors (Lipinski definition) is 2. The van der Waals surface area contributed by atoms with Gasteiger partial charge in [-0.3, -0.25) is 0 Å². The molecule has 1 aromatic rings. The Morgan fingerprint density at radius 3 is 2.32 bits per heavy atom. The topological polar surface area (TPSA) is 73.5 Å². The molecule has 4 nitrogen and oxygen atoms in total. The fourth-order valence-electron chi connectivity index (χ4n) is 1.46. The first-order valence-corrected chi connectivity index (χ1v) is 6.17. The Morgan fingerprint density at radius 2 is 1.84 bits per heavy atom. The summed E-state index contributed by atoms with van der Waals surface area (Å²) >= 11 is 0. The first-order chi connectivity index (χ1) is 8.58. The van der Waals surface area contributed by atoms with Crippen LogP contribution in [0, 0.1) is 18.3 Å². The van der Waals surface area contributed by atoms with Gasteiger partial charge >= 0.3 is 7.12 Å². The van der Waals surface area contributed by atoms with Crippen LogP contribution in [-0.4, -0.2) is 28.5 Å². The number of rotatable bonds is 4. The molecule has 0 aliphatic rings. The Balaban J connectivity index is 3.02. The summed E-state index contributed by atoms with van der Waals surface area (Å²) in [5.41, 5.74) is -0.199. The van der Waals surface area contributed by atoms with Gasteiger partial charge in [-0.1, -0.05) is 11.6 Å². The molecule has 0 amide bonds. The minimum Gasteiger partial charge on any atom is -0.423 e. The van der Waals surface area contributed by atoms with Crippen molar-refractivity contribution in [3.8, 4) is 6.07 Å². The summed E-state index contributed by atoms with van der Waals surface area (Å²) in [6.45, 7) is 8.50. The van der Waals surface area contributed by atoms with E-state index in [1.54, 1.807) is 45.9 Å². The molecule has 0 bridgehead atoms. The average molecular weight is 261 g/mol. The molecule has 102 valence electrons. The molecule has 0 saturated heterocycles. The van der Waals surface area contributed by atoms with Crippen LogP contribution < -0.4 is 5.46 Å². The second kappa shape index (κ2) is 5.34.